The third-order valence-corrected chi connectivity index (χ3v) is 4.02. The molecule has 100 valence electrons. The number of benzene rings is 1. The topological polar surface area (TPSA) is 69.4 Å². The largest absolute Gasteiger partial charge is 0.494 e. The van der Waals surface area contributed by atoms with Crippen molar-refractivity contribution in [2.45, 2.75) is 32.1 Å². The van der Waals surface area contributed by atoms with Crippen LogP contribution in [0.1, 0.15) is 30.4 Å². The van der Waals surface area contributed by atoms with Crippen LogP contribution in [0.5, 0.6) is 5.75 Å². The van der Waals surface area contributed by atoms with Gasteiger partial charge in [-0.2, -0.15) is 0 Å². The van der Waals surface area contributed by atoms with Crippen LogP contribution in [0.2, 0.25) is 0 Å². The van der Waals surface area contributed by atoms with Crippen LogP contribution in [-0.4, -0.2) is 20.8 Å². The van der Waals surface area contributed by atoms with E-state index in [1.807, 2.05) is 6.07 Å². The third kappa shape index (κ3) is 3.99. The van der Waals surface area contributed by atoms with Crippen molar-refractivity contribution >= 4 is 10.0 Å². The zero-order chi connectivity index (χ0) is 13.0. The fourth-order valence-electron chi connectivity index (χ4n) is 2.25. The van der Waals surface area contributed by atoms with E-state index >= 15 is 0 Å². The molecular weight excluding hydrogens is 250 g/mol. The van der Waals surface area contributed by atoms with Crippen molar-refractivity contribution < 1.29 is 13.2 Å². The maximum atomic E-state index is 10.8. The average Bonchev–Trinajstić information content (AvgIpc) is 2.33. The standard InChI is InChI=1S/C13H19NO3S/c14-18(15,16)9-3-8-17-13-7-6-11-4-1-2-5-12(11)10-13/h6-7,10H,1-5,8-9H2,(H2,14,15,16). The van der Waals surface area contributed by atoms with Crippen molar-refractivity contribution in [3.05, 3.63) is 29.3 Å². The normalized spacial score (nSPS) is 15.2. The van der Waals surface area contributed by atoms with Gasteiger partial charge < -0.3 is 4.74 Å². The molecule has 2 N–H and O–H groups in total. The van der Waals surface area contributed by atoms with Gasteiger partial charge in [-0.3, -0.25) is 0 Å². The summed E-state index contributed by atoms with van der Waals surface area (Å²) in [5.41, 5.74) is 2.78. The first-order chi connectivity index (χ1) is 8.54. The maximum absolute atomic E-state index is 10.8. The van der Waals surface area contributed by atoms with E-state index in [0.29, 0.717) is 13.0 Å². The zero-order valence-electron chi connectivity index (χ0n) is 10.4. The van der Waals surface area contributed by atoms with Crippen LogP contribution >= 0.6 is 0 Å². The Bertz CT molecular complexity index is 511. The highest BCUT2D eigenvalue weighted by molar-refractivity contribution is 7.89. The lowest BCUT2D eigenvalue weighted by molar-refractivity contribution is 0.317. The Balaban J connectivity index is 1.86. The lowest BCUT2D eigenvalue weighted by atomic mass is 9.92. The number of fused-ring (bicyclic) bond motifs is 1. The van der Waals surface area contributed by atoms with Crippen LogP contribution in [-0.2, 0) is 22.9 Å². The van der Waals surface area contributed by atoms with Gasteiger partial charge >= 0.3 is 0 Å². The van der Waals surface area contributed by atoms with E-state index in [1.54, 1.807) is 0 Å². The van der Waals surface area contributed by atoms with Crippen molar-refractivity contribution in [2.24, 2.45) is 5.14 Å². The Morgan fingerprint density at radius 3 is 2.61 bits per heavy atom. The molecule has 0 aliphatic heterocycles. The summed E-state index contributed by atoms with van der Waals surface area (Å²) in [5, 5.41) is 4.92. The Labute approximate surface area is 108 Å². The SMILES string of the molecule is NS(=O)(=O)CCCOc1ccc2c(c1)CCCC2. The minimum absolute atomic E-state index is 0.0298. The van der Waals surface area contributed by atoms with E-state index in [1.165, 1.54) is 24.0 Å². The van der Waals surface area contributed by atoms with Gasteiger partial charge in [0.05, 0.1) is 12.4 Å². The molecule has 0 aromatic heterocycles. The first-order valence-electron chi connectivity index (χ1n) is 6.30. The van der Waals surface area contributed by atoms with Crippen LogP contribution in [0.3, 0.4) is 0 Å². The molecule has 18 heavy (non-hydrogen) atoms. The number of ether oxygens (including phenoxy) is 1. The Morgan fingerprint density at radius 1 is 1.17 bits per heavy atom. The molecule has 0 unspecified atom stereocenters. The summed E-state index contributed by atoms with van der Waals surface area (Å²) in [6.07, 6.45) is 5.20. The molecule has 1 aliphatic rings. The number of nitrogens with two attached hydrogens (primary N) is 1. The van der Waals surface area contributed by atoms with Crippen molar-refractivity contribution in [3.8, 4) is 5.75 Å². The minimum Gasteiger partial charge on any atom is -0.494 e. The first-order valence-corrected chi connectivity index (χ1v) is 8.01. The molecule has 4 nitrogen and oxygen atoms in total. The predicted octanol–water partition coefficient (Wildman–Crippen LogP) is 1.62. The molecule has 1 aliphatic carbocycles. The number of primary sulfonamides is 1. The monoisotopic (exact) mass is 269 g/mol. The Morgan fingerprint density at radius 2 is 1.89 bits per heavy atom. The fourth-order valence-corrected chi connectivity index (χ4v) is 2.77. The summed E-state index contributed by atoms with van der Waals surface area (Å²) < 4.78 is 27.1. The molecule has 0 bridgehead atoms. The van der Waals surface area contributed by atoms with Crippen molar-refractivity contribution in [3.63, 3.8) is 0 Å². The summed E-state index contributed by atoms with van der Waals surface area (Å²) in [5.74, 6) is 0.794. The van der Waals surface area contributed by atoms with Crippen LogP contribution in [0.15, 0.2) is 18.2 Å². The summed E-state index contributed by atoms with van der Waals surface area (Å²) >= 11 is 0. The molecule has 0 fully saturated rings. The number of hydrogen-bond acceptors (Lipinski definition) is 3. The molecule has 0 heterocycles. The quantitative estimate of drug-likeness (QED) is 0.826. The number of hydrogen-bond donors (Lipinski definition) is 1. The highest BCUT2D eigenvalue weighted by Gasteiger charge is 2.10. The van der Waals surface area contributed by atoms with E-state index in [9.17, 15) is 8.42 Å². The molecule has 1 aromatic carbocycles. The Hall–Kier alpha value is -1.07. The van der Waals surface area contributed by atoms with Gasteiger partial charge in [0.15, 0.2) is 0 Å². The van der Waals surface area contributed by atoms with Gasteiger partial charge in [-0.15, -0.1) is 0 Å². The lowest BCUT2D eigenvalue weighted by Gasteiger charge is -2.16. The number of aryl methyl sites for hydroxylation is 2. The van der Waals surface area contributed by atoms with Crippen LogP contribution in [0.4, 0.5) is 0 Å². The molecule has 5 heteroatoms. The predicted molar refractivity (Wildman–Crippen MR) is 71.2 cm³/mol. The highest BCUT2D eigenvalue weighted by atomic mass is 32.2. The second-order valence-corrected chi connectivity index (χ2v) is 6.44. The van der Waals surface area contributed by atoms with Gasteiger partial charge in [0.1, 0.15) is 5.75 Å². The summed E-state index contributed by atoms with van der Waals surface area (Å²) in [6.45, 7) is 0.384. The van der Waals surface area contributed by atoms with E-state index in [0.717, 1.165) is 18.6 Å². The van der Waals surface area contributed by atoms with Crippen molar-refractivity contribution in [1.82, 2.24) is 0 Å². The Kier molecular flexibility index (Phi) is 4.24. The number of rotatable bonds is 5. The van der Waals surface area contributed by atoms with Crippen molar-refractivity contribution in [2.75, 3.05) is 12.4 Å². The minimum atomic E-state index is -3.37. The molecule has 1 aromatic rings. The average molecular weight is 269 g/mol. The van der Waals surface area contributed by atoms with Crippen LogP contribution in [0.25, 0.3) is 0 Å². The molecule has 0 spiro atoms. The molecule has 0 saturated heterocycles. The van der Waals surface area contributed by atoms with E-state index < -0.39 is 10.0 Å². The second-order valence-electron chi connectivity index (χ2n) is 4.71. The third-order valence-electron chi connectivity index (χ3n) is 3.16. The molecule has 0 atom stereocenters. The van der Waals surface area contributed by atoms with E-state index in [4.69, 9.17) is 9.88 Å². The smallest absolute Gasteiger partial charge is 0.209 e. The second kappa shape index (κ2) is 5.71. The van der Waals surface area contributed by atoms with Crippen molar-refractivity contribution in [1.29, 1.82) is 0 Å². The zero-order valence-corrected chi connectivity index (χ0v) is 11.2. The van der Waals surface area contributed by atoms with Crippen LogP contribution < -0.4 is 9.88 Å². The molecular formula is C13H19NO3S. The molecule has 0 radical (unpaired) electrons. The molecule has 0 saturated carbocycles. The maximum Gasteiger partial charge on any atom is 0.209 e. The van der Waals surface area contributed by atoms with Crippen LogP contribution in [0, 0.1) is 0 Å². The van der Waals surface area contributed by atoms with Gasteiger partial charge in [0, 0.05) is 0 Å². The summed E-state index contributed by atoms with van der Waals surface area (Å²) in [7, 11) is -3.37. The lowest BCUT2D eigenvalue weighted by Crippen LogP contribution is -2.18. The van der Waals surface area contributed by atoms with E-state index in [2.05, 4.69) is 12.1 Å². The highest BCUT2D eigenvalue weighted by Crippen LogP contribution is 2.25. The molecule has 0 amide bonds. The van der Waals surface area contributed by atoms with Gasteiger partial charge in [0.2, 0.25) is 10.0 Å². The first kappa shape index (κ1) is 13.4. The molecule has 2 rings (SSSR count). The fraction of sp³-hybridized carbons (Fsp3) is 0.538. The van der Waals surface area contributed by atoms with Gasteiger partial charge in [-0.25, -0.2) is 13.6 Å². The van der Waals surface area contributed by atoms with Gasteiger partial charge in [-0.1, -0.05) is 6.07 Å². The van der Waals surface area contributed by atoms with E-state index in [-0.39, 0.29) is 5.75 Å². The summed E-state index contributed by atoms with van der Waals surface area (Å²) in [6, 6.07) is 6.15. The number of sulfonamides is 1. The summed E-state index contributed by atoms with van der Waals surface area (Å²) in [4.78, 5) is 0. The van der Waals surface area contributed by atoms with Gasteiger partial charge in [0.25, 0.3) is 0 Å². The van der Waals surface area contributed by atoms with Gasteiger partial charge in [-0.05, 0) is 55.4 Å².